The second-order valence-corrected chi connectivity index (χ2v) is 20.3. The van der Waals surface area contributed by atoms with E-state index in [2.05, 4.69) is 31.9 Å². The molecule has 0 aliphatic heterocycles. The molecule has 0 aliphatic carbocycles. The maximum absolute atomic E-state index is 13.9. The van der Waals surface area contributed by atoms with Gasteiger partial charge in [0, 0.05) is 20.5 Å². The van der Waals surface area contributed by atoms with Crippen LogP contribution in [0.25, 0.3) is 0 Å². The number of halogens is 4. The smallest absolute Gasteiger partial charge is 0.264 e. The Morgan fingerprint density at radius 3 is 1.17 bits per heavy atom. The topological polar surface area (TPSA) is 74.8 Å². The van der Waals surface area contributed by atoms with Crippen LogP contribution in [0.2, 0.25) is 0 Å². The molecule has 6 nitrogen and oxygen atoms in total. The van der Waals surface area contributed by atoms with Crippen LogP contribution in [0.4, 0.5) is 11.4 Å². The monoisotopic (exact) mass is 860 g/mol. The van der Waals surface area contributed by atoms with E-state index in [0.717, 1.165) is 20.1 Å². The molecular formula is C34H36Br2Cl2N2O4S3. The van der Waals surface area contributed by atoms with Gasteiger partial charge < -0.3 is 0 Å². The Bertz CT molecular complexity index is 1730. The minimum atomic E-state index is -3.94. The van der Waals surface area contributed by atoms with Crippen LogP contribution < -0.4 is 8.61 Å². The van der Waals surface area contributed by atoms with E-state index in [1.54, 1.807) is 111 Å². The van der Waals surface area contributed by atoms with Gasteiger partial charge in [0.15, 0.2) is 0 Å². The molecular weight excluding hydrogens is 827 g/mol. The van der Waals surface area contributed by atoms with Crippen LogP contribution in [0.3, 0.4) is 0 Å². The molecule has 0 N–H and O–H groups in total. The fourth-order valence-electron chi connectivity index (χ4n) is 4.69. The molecule has 0 saturated carbocycles. The van der Waals surface area contributed by atoms with Crippen molar-refractivity contribution < 1.29 is 16.8 Å². The van der Waals surface area contributed by atoms with Crippen molar-refractivity contribution in [3.8, 4) is 0 Å². The van der Waals surface area contributed by atoms with Crippen LogP contribution in [-0.2, 0) is 20.0 Å². The van der Waals surface area contributed by atoms with Gasteiger partial charge in [-0.05, 0) is 100 Å². The minimum absolute atomic E-state index is 0.00871. The molecule has 0 aromatic heterocycles. The van der Waals surface area contributed by atoms with Crippen LogP contribution in [0, 0.1) is 13.8 Å². The first kappa shape index (κ1) is 38.1. The van der Waals surface area contributed by atoms with Gasteiger partial charge in [0.2, 0.25) is 0 Å². The summed E-state index contributed by atoms with van der Waals surface area (Å²) in [6, 6.07) is 27.5. The Labute approximate surface area is 310 Å². The number of rotatable bonds is 14. The largest absolute Gasteiger partial charge is 0.265 e. The molecule has 0 saturated heterocycles. The standard InChI is InChI=1S/C34H36Br2Cl2N2O4S3/c1-25-5-17-31(18-6-25)46(41,42)39(29-13-9-27(35)10-14-29)21-33(3,37)23-45-24-34(4,38)22-40(30-15-11-28(36)12-16-30)47(43,44)32-19-7-26(2)8-20-32/h5-20H,21-24H2,1-4H3/t33-,34-/m0/s1. The third kappa shape index (κ3) is 10.2. The van der Waals surface area contributed by atoms with E-state index in [1.807, 2.05) is 13.8 Å². The highest BCUT2D eigenvalue weighted by molar-refractivity contribution is 9.10. The molecule has 13 heteroatoms. The third-order valence-corrected chi connectivity index (χ3v) is 14.3. The van der Waals surface area contributed by atoms with E-state index in [9.17, 15) is 16.8 Å². The highest BCUT2D eigenvalue weighted by Crippen LogP contribution is 2.35. The lowest BCUT2D eigenvalue weighted by Gasteiger charge is -2.34. The quantitative estimate of drug-likeness (QED) is 0.118. The summed E-state index contributed by atoms with van der Waals surface area (Å²) in [4.78, 5) is -1.66. The van der Waals surface area contributed by atoms with Gasteiger partial charge >= 0.3 is 0 Å². The number of sulfonamides is 2. The van der Waals surface area contributed by atoms with Crippen LogP contribution in [0.5, 0.6) is 0 Å². The Hall–Kier alpha value is -1.73. The van der Waals surface area contributed by atoms with Gasteiger partial charge in [-0.25, -0.2) is 16.8 Å². The number of aryl methyl sites for hydroxylation is 2. The van der Waals surface area contributed by atoms with E-state index in [-0.39, 0.29) is 22.9 Å². The molecule has 47 heavy (non-hydrogen) atoms. The average Bonchev–Trinajstić information content (AvgIpc) is 3.00. The highest BCUT2D eigenvalue weighted by atomic mass is 79.9. The Morgan fingerprint density at radius 1 is 0.574 bits per heavy atom. The van der Waals surface area contributed by atoms with Crippen LogP contribution in [0.15, 0.2) is 116 Å². The highest BCUT2D eigenvalue weighted by Gasteiger charge is 2.36. The fourth-order valence-corrected chi connectivity index (χ4v) is 10.4. The van der Waals surface area contributed by atoms with Gasteiger partial charge in [0.25, 0.3) is 20.0 Å². The third-order valence-electron chi connectivity index (χ3n) is 7.20. The molecule has 0 amide bonds. The zero-order valence-corrected chi connectivity index (χ0v) is 33.5. The van der Waals surface area contributed by atoms with Gasteiger partial charge in [-0.15, -0.1) is 23.2 Å². The second kappa shape index (κ2) is 15.4. The summed E-state index contributed by atoms with van der Waals surface area (Å²) in [6.07, 6.45) is 0. The molecule has 0 bridgehead atoms. The summed E-state index contributed by atoms with van der Waals surface area (Å²) in [7, 11) is -7.89. The number of anilines is 2. The zero-order valence-electron chi connectivity index (χ0n) is 26.3. The molecule has 0 heterocycles. The number of nitrogens with zero attached hydrogens (tertiary/aromatic N) is 2. The molecule has 4 rings (SSSR count). The lowest BCUT2D eigenvalue weighted by Crippen LogP contribution is -2.44. The molecule has 252 valence electrons. The van der Waals surface area contributed by atoms with E-state index < -0.39 is 29.8 Å². The summed E-state index contributed by atoms with van der Waals surface area (Å²) in [6.45, 7) is 7.36. The van der Waals surface area contributed by atoms with Crippen molar-refractivity contribution >= 4 is 98.2 Å². The Kier molecular flexibility index (Phi) is 12.5. The Balaban J connectivity index is 1.53. The summed E-state index contributed by atoms with van der Waals surface area (Å²) < 4.78 is 59.9. The van der Waals surface area contributed by atoms with Gasteiger partial charge in [0.1, 0.15) is 0 Å². The molecule has 4 aromatic carbocycles. The van der Waals surface area contributed by atoms with Crippen molar-refractivity contribution in [1.82, 2.24) is 0 Å². The van der Waals surface area contributed by atoms with E-state index in [0.29, 0.717) is 22.9 Å². The number of hydrogen-bond acceptors (Lipinski definition) is 5. The molecule has 0 radical (unpaired) electrons. The molecule has 0 aliphatic rings. The van der Waals surface area contributed by atoms with Crippen molar-refractivity contribution in [2.45, 2.75) is 47.2 Å². The predicted molar refractivity (Wildman–Crippen MR) is 206 cm³/mol. The van der Waals surface area contributed by atoms with E-state index >= 15 is 0 Å². The van der Waals surface area contributed by atoms with E-state index in [4.69, 9.17) is 23.2 Å². The van der Waals surface area contributed by atoms with E-state index in [1.165, 1.54) is 20.4 Å². The first-order valence-electron chi connectivity index (χ1n) is 14.6. The lowest BCUT2D eigenvalue weighted by molar-refractivity contribution is 0.583. The molecule has 0 unspecified atom stereocenters. The van der Waals surface area contributed by atoms with Crippen LogP contribution in [0.1, 0.15) is 25.0 Å². The Morgan fingerprint density at radius 2 is 0.872 bits per heavy atom. The van der Waals surface area contributed by atoms with Gasteiger partial charge in [0.05, 0.1) is 44.0 Å². The average molecular weight is 864 g/mol. The maximum Gasteiger partial charge on any atom is 0.264 e. The van der Waals surface area contributed by atoms with Crippen molar-refractivity contribution in [1.29, 1.82) is 0 Å². The van der Waals surface area contributed by atoms with Gasteiger partial charge in [-0.3, -0.25) is 8.61 Å². The zero-order chi connectivity index (χ0) is 34.6. The van der Waals surface area contributed by atoms with Crippen molar-refractivity contribution in [3.05, 3.63) is 117 Å². The molecule has 0 fully saturated rings. The number of hydrogen-bond donors (Lipinski definition) is 0. The van der Waals surface area contributed by atoms with Crippen LogP contribution >= 0.6 is 66.8 Å². The normalized spacial score (nSPS) is 14.6. The molecule has 0 spiro atoms. The molecule has 4 aromatic rings. The number of benzene rings is 4. The first-order valence-corrected chi connectivity index (χ1v) is 20.9. The second-order valence-electron chi connectivity index (χ2n) is 11.9. The summed E-state index contributed by atoms with van der Waals surface area (Å²) in [5.74, 6) is 0.687. The summed E-state index contributed by atoms with van der Waals surface area (Å²) in [5.41, 5.74) is 2.87. The van der Waals surface area contributed by atoms with Crippen molar-refractivity contribution in [2.75, 3.05) is 33.2 Å². The minimum Gasteiger partial charge on any atom is -0.265 e. The van der Waals surface area contributed by atoms with Crippen LogP contribution in [-0.4, -0.2) is 51.2 Å². The number of thioether (sulfide) groups is 1. The lowest BCUT2D eigenvalue weighted by atomic mass is 10.2. The van der Waals surface area contributed by atoms with Gasteiger partial charge in [-0.2, -0.15) is 11.8 Å². The van der Waals surface area contributed by atoms with Crippen molar-refractivity contribution in [2.24, 2.45) is 0 Å². The number of alkyl halides is 2. The SMILES string of the molecule is Cc1ccc(S(=O)(=O)N(C[C@](C)(Cl)CSC[C@@](C)(Cl)CN(c2ccc(Br)cc2)S(=O)(=O)c2ccc(C)cc2)c2ccc(Br)cc2)cc1. The fraction of sp³-hybridized carbons (Fsp3) is 0.294. The summed E-state index contributed by atoms with van der Waals surface area (Å²) in [5, 5.41) is 0. The summed E-state index contributed by atoms with van der Waals surface area (Å²) >= 11 is 22.4. The first-order chi connectivity index (χ1) is 21.9. The van der Waals surface area contributed by atoms with Crippen molar-refractivity contribution in [3.63, 3.8) is 0 Å². The predicted octanol–water partition coefficient (Wildman–Crippen LogP) is 9.65. The van der Waals surface area contributed by atoms with Gasteiger partial charge in [-0.1, -0.05) is 67.3 Å². The molecule has 2 atom stereocenters. The maximum atomic E-state index is 13.9.